The summed E-state index contributed by atoms with van der Waals surface area (Å²) in [6.07, 6.45) is 4.93. The van der Waals surface area contributed by atoms with Gasteiger partial charge in [0.15, 0.2) is 5.82 Å². The van der Waals surface area contributed by atoms with Crippen LogP contribution >= 0.6 is 0 Å². The first-order chi connectivity index (χ1) is 9.75. The summed E-state index contributed by atoms with van der Waals surface area (Å²) < 4.78 is 0. The summed E-state index contributed by atoms with van der Waals surface area (Å²) in [6.45, 7) is 0. The minimum atomic E-state index is 0.129. The van der Waals surface area contributed by atoms with Crippen LogP contribution < -0.4 is 11.5 Å². The van der Waals surface area contributed by atoms with Crippen LogP contribution in [-0.4, -0.2) is 15.2 Å². The fourth-order valence-electron chi connectivity index (χ4n) is 3.19. The number of benzene rings is 1. The predicted molar refractivity (Wildman–Crippen MR) is 78.9 cm³/mol. The van der Waals surface area contributed by atoms with Gasteiger partial charge >= 0.3 is 0 Å². The van der Waals surface area contributed by atoms with Gasteiger partial charge in [0.25, 0.3) is 0 Å². The highest BCUT2D eigenvalue weighted by Crippen LogP contribution is 2.41. The summed E-state index contributed by atoms with van der Waals surface area (Å²) in [4.78, 5) is 4.07. The Hall–Kier alpha value is -2.17. The van der Waals surface area contributed by atoms with E-state index in [9.17, 15) is 0 Å². The average molecular weight is 269 g/mol. The van der Waals surface area contributed by atoms with Crippen molar-refractivity contribution in [1.29, 1.82) is 0 Å². The third kappa shape index (κ3) is 2.43. The molecule has 1 aromatic heterocycles. The number of nitrogens with two attached hydrogens (primary N) is 2. The van der Waals surface area contributed by atoms with Crippen LogP contribution in [0.1, 0.15) is 42.9 Å². The molecule has 0 amide bonds. The van der Waals surface area contributed by atoms with Crippen molar-refractivity contribution < 1.29 is 0 Å². The van der Waals surface area contributed by atoms with Crippen molar-refractivity contribution in [1.82, 2.24) is 15.2 Å². The topological polar surface area (TPSA) is 90.7 Å². The van der Waals surface area contributed by atoms with Crippen molar-refractivity contribution in [3.05, 3.63) is 41.6 Å². The van der Waals surface area contributed by atoms with Crippen LogP contribution in [0.2, 0.25) is 0 Å². The van der Waals surface area contributed by atoms with Gasteiger partial charge in [-0.1, -0.05) is 43.2 Å². The monoisotopic (exact) mass is 269 g/mol. The molecule has 4 N–H and O–H groups in total. The molecule has 2 aromatic rings. The summed E-state index contributed by atoms with van der Waals surface area (Å²) in [5.74, 6) is 1.25. The normalized spacial score (nSPS) is 17.2. The van der Waals surface area contributed by atoms with Crippen LogP contribution in [0.5, 0.6) is 0 Å². The van der Waals surface area contributed by atoms with Crippen molar-refractivity contribution in [2.24, 2.45) is 5.92 Å². The van der Waals surface area contributed by atoms with Crippen molar-refractivity contribution in [3.8, 4) is 0 Å². The third-order valence-electron chi connectivity index (χ3n) is 4.08. The molecular formula is C15H19N5. The highest BCUT2D eigenvalue weighted by molar-refractivity contribution is 5.44. The van der Waals surface area contributed by atoms with E-state index in [4.69, 9.17) is 11.5 Å². The van der Waals surface area contributed by atoms with Gasteiger partial charge in [-0.25, -0.2) is 0 Å². The lowest BCUT2D eigenvalue weighted by Crippen LogP contribution is -2.17. The van der Waals surface area contributed by atoms with Crippen LogP contribution in [0.4, 0.5) is 11.8 Å². The van der Waals surface area contributed by atoms with E-state index in [0.717, 1.165) is 5.69 Å². The molecule has 5 heteroatoms. The van der Waals surface area contributed by atoms with E-state index in [1.165, 1.54) is 31.2 Å². The highest BCUT2D eigenvalue weighted by Gasteiger charge is 2.31. The van der Waals surface area contributed by atoms with Crippen molar-refractivity contribution >= 4 is 11.8 Å². The van der Waals surface area contributed by atoms with Gasteiger partial charge in [0.05, 0.1) is 0 Å². The molecule has 1 aromatic carbocycles. The molecule has 0 bridgehead atoms. The Morgan fingerprint density at radius 1 is 1.00 bits per heavy atom. The predicted octanol–water partition coefficient (Wildman–Crippen LogP) is 2.36. The van der Waals surface area contributed by atoms with E-state index in [1.54, 1.807) is 0 Å². The highest BCUT2D eigenvalue weighted by atomic mass is 15.2. The molecule has 1 saturated carbocycles. The van der Waals surface area contributed by atoms with Gasteiger partial charge in [0.1, 0.15) is 5.69 Å². The Balaban J connectivity index is 2.05. The molecule has 20 heavy (non-hydrogen) atoms. The third-order valence-corrected chi connectivity index (χ3v) is 4.08. The Morgan fingerprint density at radius 2 is 1.70 bits per heavy atom. The molecule has 1 fully saturated rings. The van der Waals surface area contributed by atoms with Gasteiger partial charge < -0.3 is 11.5 Å². The second kappa shape index (κ2) is 5.45. The minimum absolute atomic E-state index is 0.129. The van der Waals surface area contributed by atoms with Gasteiger partial charge in [-0.3, -0.25) is 0 Å². The number of nitrogens with zero attached hydrogens (tertiary/aromatic N) is 3. The smallest absolute Gasteiger partial charge is 0.242 e. The van der Waals surface area contributed by atoms with E-state index in [0.29, 0.717) is 11.7 Å². The van der Waals surface area contributed by atoms with Crippen LogP contribution in [0.15, 0.2) is 30.3 Å². The maximum Gasteiger partial charge on any atom is 0.242 e. The number of hydrogen-bond acceptors (Lipinski definition) is 5. The summed E-state index contributed by atoms with van der Waals surface area (Å²) >= 11 is 0. The molecule has 1 heterocycles. The number of hydrogen-bond donors (Lipinski definition) is 2. The first-order valence-corrected chi connectivity index (χ1v) is 7.06. The Bertz CT molecular complexity index is 578. The zero-order valence-corrected chi connectivity index (χ0v) is 11.4. The molecule has 1 aliphatic carbocycles. The van der Waals surface area contributed by atoms with Crippen LogP contribution in [0.3, 0.4) is 0 Å². The molecule has 0 spiro atoms. The van der Waals surface area contributed by atoms with Gasteiger partial charge in [-0.05, 0) is 24.3 Å². The molecule has 3 rings (SSSR count). The summed E-state index contributed by atoms with van der Waals surface area (Å²) in [7, 11) is 0. The van der Waals surface area contributed by atoms with Crippen molar-refractivity contribution in [3.63, 3.8) is 0 Å². The molecule has 104 valence electrons. The zero-order valence-electron chi connectivity index (χ0n) is 11.4. The molecule has 1 unspecified atom stereocenters. The quantitative estimate of drug-likeness (QED) is 0.892. The first-order valence-electron chi connectivity index (χ1n) is 7.06. The molecule has 0 saturated heterocycles. The van der Waals surface area contributed by atoms with Gasteiger partial charge in [0, 0.05) is 5.92 Å². The van der Waals surface area contributed by atoms with Crippen LogP contribution in [0.25, 0.3) is 0 Å². The minimum Gasteiger partial charge on any atom is -0.382 e. The maximum atomic E-state index is 6.03. The van der Waals surface area contributed by atoms with E-state index >= 15 is 0 Å². The molecule has 5 nitrogen and oxygen atoms in total. The molecule has 0 aliphatic heterocycles. The summed E-state index contributed by atoms with van der Waals surface area (Å²) in [6, 6.07) is 10.4. The molecule has 1 aliphatic rings. The molecular weight excluding hydrogens is 250 g/mol. The Morgan fingerprint density at radius 3 is 2.35 bits per heavy atom. The fraction of sp³-hybridized carbons (Fsp3) is 0.400. The lowest BCUT2D eigenvalue weighted by Gasteiger charge is -2.23. The van der Waals surface area contributed by atoms with Gasteiger partial charge in [0.2, 0.25) is 5.95 Å². The number of rotatable bonds is 3. The second-order valence-corrected chi connectivity index (χ2v) is 5.37. The lowest BCUT2D eigenvalue weighted by molar-refractivity contribution is 0.472. The van der Waals surface area contributed by atoms with E-state index in [-0.39, 0.29) is 11.9 Å². The Labute approximate surface area is 118 Å². The first kappa shape index (κ1) is 12.8. The number of nitrogen functional groups attached to an aromatic ring is 2. The maximum absolute atomic E-state index is 6.03. The summed E-state index contributed by atoms with van der Waals surface area (Å²) in [5.41, 5.74) is 13.6. The molecule has 1 atom stereocenters. The number of anilines is 2. The van der Waals surface area contributed by atoms with Gasteiger partial charge in [-0.2, -0.15) is 4.98 Å². The number of aromatic nitrogens is 3. The second-order valence-electron chi connectivity index (χ2n) is 5.37. The van der Waals surface area contributed by atoms with E-state index < -0.39 is 0 Å². The van der Waals surface area contributed by atoms with Crippen LogP contribution in [-0.2, 0) is 0 Å². The lowest BCUT2D eigenvalue weighted by atomic mass is 9.82. The largest absolute Gasteiger partial charge is 0.382 e. The average Bonchev–Trinajstić information content (AvgIpc) is 2.97. The Kier molecular flexibility index (Phi) is 3.50. The van der Waals surface area contributed by atoms with Crippen molar-refractivity contribution in [2.75, 3.05) is 11.5 Å². The van der Waals surface area contributed by atoms with Crippen molar-refractivity contribution in [2.45, 2.75) is 31.6 Å². The van der Waals surface area contributed by atoms with Crippen LogP contribution in [0, 0.1) is 5.92 Å². The van der Waals surface area contributed by atoms with Gasteiger partial charge in [-0.15, -0.1) is 10.2 Å². The van der Waals surface area contributed by atoms with E-state index in [1.807, 2.05) is 18.2 Å². The molecule has 0 radical (unpaired) electrons. The summed E-state index contributed by atoms with van der Waals surface area (Å²) in [5, 5.41) is 8.13. The SMILES string of the molecule is Nc1nnc(C(c2ccccc2)C2CCCC2)c(N)n1. The zero-order chi connectivity index (χ0) is 13.9. The fourth-order valence-corrected chi connectivity index (χ4v) is 3.19. The standard InChI is InChI=1S/C15H19N5/c16-14-13(19-20-15(17)18-14)12(11-8-4-5-9-11)10-6-2-1-3-7-10/h1-3,6-7,11-12H,4-5,8-9H2,(H4,16,17,18,20). The van der Waals surface area contributed by atoms with E-state index in [2.05, 4.69) is 27.3 Å².